The molecular formula is C6H11NS. The van der Waals surface area contributed by atoms with Crippen molar-refractivity contribution in [2.75, 3.05) is 0 Å². The summed E-state index contributed by atoms with van der Waals surface area (Å²) in [5, 5.41) is -0.0359. The molecule has 0 saturated heterocycles. The van der Waals surface area contributed by atoms with E-state index in [1.54, 1.807) is 6.08 Å². The predicted molar refractivity (Wildman–Crippen MR) is 40.9 cm³/mol. The Morgan fingerprint density at radius 1 is 1.75 bits per heavy atom. The van der Waals surface area contributed by atoms with Crippen LogP contribution in [-0.4, -0.2) is 5.37 Å². The van der Waals surface area contributed by atoms with Crippen molar-refractivity contribution >= 4 is 12.6 Å². The maximum atomic E-state index is 5.31. The van der Waals surface area contributed by atoms with E-state index < -0.39 is 0 Å². The smallest absolute Gasteiger partial charge is 0.0512 e. The lowest BCUT2D eigenvalue weighted by Crippen LogP contribution is -2.09. The highest BCUT2D eigenvalue weighted by Gasteiger charge is 1.85. The van der Waals surface area contributed by atoms with Gasteiger partial charge in [-0.3, -0.25) is 0 Å². The van der Waals surface area contributed by atoms with E-state index in [2.05, 4.69) is 19.2 Å². The van der Waals surface area contributed by atoms with Crippen LogP contribution in [0.15, 0.2) is 24.8 Å². The molecule has 2 N–H and O–H groups in total. The van der Waals surface area contributed by atoms with Gasteiger partial charge in [0, 0.05) is 0 Å². The highest BCUT2D eigenvalue weighted by Crippen LogP contribution is 1.92. The minimum Gasteiger partial charge on any atom is -0.319 e. The van der Waals surface area contributed by atoms with E-state index >= 15 is 0 Å². The van der Waals surface area contributed by atoms with Gasteiger partial charge >= 0.3 is 0 Å². The molecule has 0 aliphatic rings. The third kappa shape index (κ3) is 5.79. The van der Waals surface area contributed by atoms with Crippen LogP contribution in [0.25, 0.3) is 0 Å². The zero-order valence-electron chi connectivity index (χ0n) is 4.75. The van der Waals surface area contributed by atoms with E-state index in [1.807, 2.05) is 12.2 Å². The standard InChI is InChI=1S/C6H11NS/c1-2-3-4-5-6(7)8/h2-4,6,8H,1,5,7H2/b4-3-. The molecule has 0 bridgehead atoms. The lowest BCUT2D eigenvalue weighted by atomic mass is 10.4. The first kappa shape index (κ1) is 7.79. The number of hydrogen-bond donors (Lipinski definition) is 2. The molecule has 1 atom stereocenters. The Hall–Kier alpha value is -0.210. The van der Waals surface area contributed by atoms with Crippen LogP contribution in [0.3, 0.4) is 0 Å². The van der Waals surface area contributed by atoms with Crippen molar-refractivity contribution in [3.63, 3.8) is 0 Å². The molecule has 1 unspecified atom stereocenters. The molecule has 0 radical (unpaired) electrons. The van der Waals surface area contributed by atoms with Crippen molar-refractivity contribution in [3.05, 3.63) is 24.8 Å². The van der Waals surface area contributed by atoms with E-state index in [9.17, 15) is 0 Å². The largest absolute Gasteiger partial charge is 0.319 e. The molecule has 46 valence electrons. The first-order valence-electron chi connectivity index (χ1n) is 2.48. The zero-order valence-corrected chi connectivity index (χ0v) is 5.64. The van der Waals surface area contributed by atoms with E-state index in [4.69, 9.17) is 5.73 Å². The van der Waals surface area contributed by atoms with Gasteiger partial charge in [-0.1, -0.05) is 24.8 Å². The predicted octanol–water partition coefficient (Wildman–Crippen LogP) is 1.33. The van der Waals surface area contributed by atoms with E-state index in [-0.39, 0.29) is 5.37 Å². The lowest BCUT2D eigenvalue weighted by molar-refractivity contribution is 0.942. The molecule has 0 aliphatic carbocycles. The minimum absolute atomic E-state index is 0.0359. The fourth-order valence-electron chi connectivity index (χ4n) is 0.314. The van der Waals surface area contributed by atoms with Crippen LogP contribution < -0.4 is 5.73 Å². The molecule has 0 aliphatic heterocycles. The monoisotopic (exact) mass is 129 g/mol. The first-order chi connectivity index (χ1) is 3.77. The number of hydrogen-bond acceptors (Lipinski definition) is 2. The Morgan fingerprint density at radius 3 is 2.75 bits per heavy atom. The number of allylic oxidation sites excluding steroid dienone is 2. The summed E-state index contributed by atoms with van der Waals surface area (Å²) >= 11 is 3.96. The van der Waals surface area contributed by atoms with Crippen molar-refractivity contribution in [1.82, 2.24) is 0 Å². The van der Waals surface area contributed by atoms with Crippen LogP contribution in [-0.2, 0) is 0 Å². The van der Waals surface area contributed by atoms with Gasteiger partial charge in [0.1, 0.15) is 0 Å². The number of nitrogens with two attached hydrogens (primary N) is 1. The van der Waals surface area contributed by atoms with Gasteiger partial charge in [0.25, 0.3) is 0 Å². The lowest BCUT2D eigenvalue weighted by Gasteiger charge is -1.94. The summed E-state index contributed by atoms with van der Waals surface area (Å²) in [6, 6.07) is 0. The van der Waals surface area contributed by atoms with Gasteiger partial charge in [0.15, 0.2) is 0 Å². The van der Waals surface area contributed by atoms with Crippen LogP contribution in [0.2, 0.25) is 0 Å². The molecule has 0 aromatic heterocycles. The van der Waals surface area contributed by atoms with Crippen molar-refractivity contribution in [2.45, 2.75) is 11.8 Å². The topological polar surface area (TPSA) is 26.0 Å². The van der Waals surface area contributed by atoms with E-state index in [0.717, 1.165) is 6.42 Å². The van der Waals surface area contributed by atoms with Gasteiger partial charge in [0.05, 0.1) is 5.37 Å². The summed E-state index contributed by atoms with van der Waals surface area (Å²) in [5.41, 5.74) is 5.31. The van der Waals surface area contributed by atoms with Crippen LogP contribution >= 0.6 is 12.6 Å². The third-order valence-electron chi connectivity index (χ3n) is 0.650. The summed E-state index contributed by atoms with van der Waals surface area (Å²) in [4.78, 5) is 0. The van der Waals surface area contributed by atoms with Crippen LogP contribution in [0, 0.1) is 0 Å². The quantitative estimate of drug-likeness (QED) is 0.335. The average molecular weight is 129 g/mol. The van der Waals surface area contributed by atoms with Crippen molar-refractivity contribution in [1.29, 1.82) is 0 Å². The average Bonchev–Trinajstić information content (AvgIpc) is 1.66. The molecule has 0 rings (SSSR count). The molecule has 0 saturated carbocycles. The number of thiol groups is 1. The Bertz CT molecular complexity index is 86.5. The summed E-state index contributed by atoms with van der Waals surface area (Å²) < 4.78 is 0. The third-order valence-corrected chi connectivity index (χ3v) is 0.861. The van der Waals surface area contributed by atoms with Crippen LogP contribution in [0.1, 0.15) is 6.42 Å². The van der Waals surface area contributed by atoms with Gasteiger partial charge in [-0.05, 0) is 6.42 Å². The van der Waals surface area contributed by atoms with E-state index in [1.165, 1.54) is 0 Å². The normalized spacial score (nSPS) is 14.2. The molecular weight excluding hydrogens is 118 g/mol. The van der Waals surface area contributed by atoms with Gasteiger partial charge in [-0.2, -0.15) is 12.6 Å². The van der Waals surface area contributed by atoms with Crippen molar-refractivity contribution in [2.24, 2.45) is 5.73 Å². The van der Waals surface area contributed by atoms with Crippen LogP contribution in [0.4, 0.5) is 0 Å². The molecule has 0 aromatic rings. The molecule has 0 fully saturated rings. The Balaban J connectivity index is 3.15. The summed E-state index contributed by atoms with van der Waals surface area (Å²) in [6.45, 7) is 3.50. The fraction of sp³-hybridized carbons (Fsp3) is 0.333. The van der Waals surface area contributed by atoms with Crippen molar-refractivity contribution < 1.29 is 0 Å². The molecule has 0 aromatic carbocycles. The second-order valence-corrected chi connectivity index (χ2v) is 2.13. The maximum Gasteiger partial charge on any atom is 0.0512 e. The Kier molecular flexibility index (Phi) is 4.81. The zero-order chi connectivity index (χ0) is 6.41. The first-order valence-corrected chi connectivity index (χ1v) is 3.00. The molecule has 8 heavy (non-hydrogen) atoms. The number of rotatable bonds is 3. The molecule has 0 spiro atoms. The maximum absolute atomic E-state index is 5.31. The molecule has 1 nitrogen and oxygen atoms in total. The van der Waals surface area contributed by atoms with E-state index in [0.29, 0.717) is 0 Å². The van der Waals surface area contributed by atoms with Crippen LogP contribution in [0.5, 0.6) is 0 Å². The summed E-state index contributed by atoms with van der Waals surface area (Å²) in [5.74, 6) is 0. The minimum atomic E-state index is -0.0359. The molecule has 0 heterocycles. The highest BCUT2D eigenvalue weighted by atomic mass is 32.1. The molecule has 2 heteroatoms. The Morgan fingerprint density at radius 2 is 2.38 bits per heavy atom. The van der Waals surface area contributed by atoms with Gasteiger partial charge in [-0.15, -0.1) is 0 Å². The second kappa shape index (κ2) is 4.94. The second-order valence-electron chi connectivity index (χ2n) is 1.47. The molecule has 0 amide bonds. The fourth-order valence-corrected chi connectivity index (χ4v) is 0.436. The van der Waals surface area contributed by atoms with Gasteiger partial charge in [0.2, 0.25) is 0 Å². The van der Waals surface area contributed by atoms with Crippen molar-refractivity contribution in [3.8, 4) is 0 Å². The summed E-state index contributed by atoms with van der Waals surface area (Å²) in [7, 11) is 0. The summed E-state index contributed by atoms with van der Waals surface area (Å²) in [6.07, 6.45) is 6.31. The SMILES string of the molecule is C=C/C=C\CC(N)S. The van der Waals surface area contributed by atoms with Gasteiger partial charge < -0.3 is 5.73 Å². The highest BCUT2D eigenvalue weighted by molar-refractivity contribution is 7.80. The Labute approximate surface area is 55.7 Å². The van der Waals surface area contributed by atoms with Gasteiger partial charge in [-0.25, -0.2) is 0 Å².